The number of aromatic amines is 1. The van der Waals surface area contributed by atoms with Gasteiger partial charge in [-0.1, -0.05) is 0 Å². The number of aryl methyl sites for hydroxylation is 1. The Balaban J connectivity index is 1.42. The van der Waals surface area contributed by atoms with E-state index in [2.05, 4.69) is 40.8 Å². The van der Waals surface area contributed by atoms with Gasteiger partial charge in [0.25, 0.3) is 0 Å². The molecule has 0 bridgehead atoms. The second-order valence-electron chi connectivity index (χ2n) is 8.76. The van der Waals surface area contributed by atoms with Crippen LogP contribution in [0.15, 0.2) is 54.4 Å². The topological polar surface area (TPSA) is 84.8 Å². The second kappa shape index (κ2) is 7.62. The van der Waals surface area contributed by atoms with Gasteiger partial charge in [-0.3, -0.25) is 5.10 Å². The van der Waals surface area contributed by atoms with Crippen LogP contribution in [0.2, 0.25) is 0 Å². The van der Waals surface area contributed by atoms with E-state index < -0.39 is 0 Å². The number of benzene rings is 2. The van der Waals surface area contributed by atoms with Crippen LogP contribution in [-0.4, -0.2) is 33.1 Å². The molecule has 3 heterocycles. The number of aromatic nitrogens is 4. The minimum Gasteiger partial charge on any atom is -0.465 e. The summed E-state index contributed by atoms with van der Waals surface area (Å²) in [5, 5.41) is 17.2. The number of carbonyl (C=O) groups excluding carboxylic acids is 1. The molecule has 7 nitrogen and oxygen atoms in total. The van der Waals surface area contributed by atoms with Gasteiger partial charge >= 0.3 is 5.97 Å². The Hall–Kier alpha value is -3.87. The Morgan fingerprint density at radius 1 is 1.12 bits per heavy atom. The zero-order valence-corrected chi connectivity index (χ0v) is 18.7. The molecule has 6 rings (SSSR count). The van der Waals surface area contributed by atoms with Crippen LogP contribution < -0.4 is 5.32 Å². The molecule has 2 aromatic heterocycles. The summed E-state index contributed by atoms with van der Waals surface area (Å²) in [6.07, 6.45) is 8.64. The van der Waals surface area contributed by atoms with Crippen molar-refractivity contribution in [3.8, 4) is 5.69 Å². The van der Waals surface area contributed by atoms with Gasteiger partial charge in [-0.05, 0) is 80.2 Å². The van der Waals surface area contributed by atoms with Gasteiger partial charge in [0.2, 0.25) is 0 Å². The first-order valence-electron chi connectivity index (χ1n) is 11.3. The fraction of sp³-hybridized carbons (Fsp3) is 0.269. The van der Waals surface area contributed by atoms with Crippen LogP contribution in [-0.2, 0) is 4.74 Å². The van der Waals surface area contributed by atoms with Gasteiger partial charge in [-0.25, -0.2) is 9.48 Å². The third-order valence-corrected chi connectivity index (χ3v) is 6.89. The summed E-state index contributed by atoms with van der Waals surface area (Å²) in [4.78, 5) is 11.8. The van der Waals surface area contributed by atoms with E-state index >= 15 is 0 Å². The Bertz CT molecular complexity index is 1410. The fourth-order valence-electron chi connectivity index (χ4n) is 5.26. The van der Waals surface area contributed by atoms with Crippen molar-refractivity contribution in [3.05, 3.63) is 76.7 Å². The highest BCUT2D eigenvalue weighted by atomic mass is 16.5. The van der Waals surface area contributed by atoms with Crippen LogP contribution in [0.3, 0.4) is 0 Å². The molecule has 7 heteroatoms. The number of rotatable bonds is 3. The lowest BCUT2D eigenvalue weighted by atomic mass is 9.78. The van der Waals surface area contributed by atoms with Gasteiger partial charge in [0.15, 0.2) is 0 Å². The maximum Gasteiger partial charge on any atom is 0.337 e. The number of fused-ring (bicyclic) bond motifs is 4. The summed E-state index contributed by atoms with van der Waals surface area (Å²) < 4.78 is 6.70. The molecule has 1 aliphatic carbocycles. The number of carbonyl (C=O) groups is 1. The number of methoxy groups -OCH3 is 1. The lowest BCUT2D eigenvalue weighted by Crippen LogP contribution is -2.22. The molecule has 0 spiro atoms. The first-order chi connectivity index (χ1) is 16.1. The lowest BCUT2D eigenvalue weighted by Gasteiger charge is -2.35. The van der Waals surface area contributed by atoms with Crippen molar-refractivity contribution in [1.82, 2.24) is 20.0 Å². The zero-order chi connectivity index (χ0) is 22.5. The van der Waals surface area contributed by atoms with E-state index in [1.54, 1.807) is 12.1 Å². The number of esters is 1. The Morgan fingerprint density at radius 2 is 1.94 bits per heavy atom. The van der Waals surface area contributed by atoms with Crippen molar-refractivity contribution >= 4 is 28.1 Å². The third kappa shape index (κ3) is 3.15. The number of H-pyrrole nitrogens is 1. The predicted octanol–water partition coefficient (Wildman–Crippen LogP) is 5.34. The van der Waals surface area contributed by atoms with Gasteiger partial charge in [0, 0.05) is 28.4 Å². The molecule has 2 aromatic carbocycles. The molecule has 2 aliphatic rings. The van der Waals surface area contributed by atoms with Crippen molar-refractivity contribution in [2.75, 3.05) is 12.4 Å². The Kier molecular flexibility index (Phi) is 4.57. The standard InChI is InChI=1S/C26H25N5O2/c1-15-21(14-31(30-15)17-9-7-16(8-10-17)26(32)33-2)25-19-6-4-3-5-18(19)24-20-13-27-29-22(20)11-12-23(24)28-25/h7-14,25,28H,3-6H2,1-2H3,(H,27,29). The van der Waals surface area contributed by atoms with Crippen molar-refractivity contribution in [2.24, 2.45) is 0 Å². The maximum absolute atomic E-state index is 11.8. The number of nitrogens with one attached hydrogen (secondary N) is 2. The molecule has 4 aromatic rings. The van der Waals surface area contributed by atoms with Gasteiger partial charge in [-0.2, -0.15) is 10.2 Å². The minimum absolute atomic E-state index is 0.0974. The van der Waals surface area contributed by atoms with Crippen LogP contribution in [0.5, 0.6) is 0 Å². The highest BCUT2D eigenvalue weighted by Gasteiger charge is 2.32. The highest BCUT2D eigenvalue weighted by molar-refractivity contribution is 6.00. The van der Waals surface area contributed by atoms with E-state index in [9.17, 15) is 4.79 Å². The molecule has 166 valence electrons. The van der Waals surface area contributed by atoms with Crippen molar-refractivity contribution in [1.29, 1.82) is 0 Å². The lowest BCUT2D eigenvalue weighted by molar-refractivity contribution is 0.0600. The average Bonchev–Trinajstić information content (AvgIpc) is 3.49. The summed E-state index contributed by atoms with van der Waals surface area (Å²) in [5.74, 6) is -0.340. The van der Waals surface area contributed by atoms with Crippen LogP contribution in [0.4, 0.5) is 5.69 Å². The van der Waals surface area contributed by atoms with Gasteiger partial charge in [-0.15, -0.1) is 0 Å². The van der Waals surface area contributed by atoms with Crippen molar-refractivity contribution < 1.29 is 9.53 Å². The zero-order valence-electron chi connectivity index (χ0n) is 18.7. The average molecular weight is 440 g/mol. The summed E-state index contributed by atoms with van der Waals surface area (Å²) >= 11 is 0. The van der Waals surface area contributed by atoms with E-state index in [0.717, 1.165) is 35.4 Å². The van der Waals surface area contributed by atoms with E-state index in [4.69, 9.17) is 9.84 Å². The summed E-state index contributed by atoms with van der Waals surface area (Å²) in [7, 11) is 1.39. The number of anilines is 1. The molecule has 0 amide bonds. The monoisotopic (exact) mass is 439 g/mol. The van der Waals surface area contributed by atoms with Gasteiger partial charge < -0.3 is 10.1 Å². The number of ether oxygens (including phenoxy) is 1. The van der Waals surface area contributed by atoms with Crippen LogP contribution in [0.25, 0.3) is 22.2 Å². The van der Waals surface area contributed by atoms with E-state index in [1.807, 2.05) is 23.0 Å². The van der Waals surface area contributed by atoms with Crippen molar-refractivity contribution in [3.63, 3.8) is 0 Å². The number of nitrogens with zero attached hydrogens (tertiary/aromatic N) is 3. The number of allylic oxidation sites excluding steroid dienone is 1. The minimum atomic E-state index is -0.340. The largest absolute Gasteiger partial charge is 0.465 e. The molecule has 1 aliphatic heterocycles. The van der Waals surface area contributed by atoms with Gasteiger partial charge in [0.1, 0.15) is 0 Å². The molecule has 0 saturated heterocycles. The molecule has 0 fully saturated rings. The number of hydrogen-bond acceptors (Lipinski definition) is 5. The maximum atomic E-state index is 11.8. The van der Waals surface area contributed by atoms with E-state index in [-0.39, 0.29) is 12.0 Å². The summed E-state index contributed by atoms with van der Waals surface area (Å²) in [5.41, 5.74) is 10.1. The molecule has 1 atom stereocenters. The smallest absolute Gasteiger partial charge is 0.337 e. The summed E-state index contributed by atoms with van der Waals surface area (Å²) in [6.45, 7) is 2.06. The van der Waals surface area contributed by atoms with Crippen LogP contribution in [0.1, 0.15) is 58.9 Å². The quantitative estimate of drug-likeness (QED) is 0.421. The molecular formula is C26H25N5O2. The van der Waals surface area contributed by atoms with Crippen LogP contribution >= 0.6 is 0 Å². The predicted molar refractivity (Wildman–Crippen MR) is 127 cm³/mol. The summed E-state index contributed by atoms with van der Waals surface area (Å²) in [6, 6.07) is 11.7. The molecule has 33 heavy (non-hydrogen) atoms. The van der Waals surface area contributed by atoms with Crippen LogP contribution in [0, 0.1) is 6.92 Å². The molecule has 2 N–H and O–H groups in total. The molecular weight excluding hydrogens is 414 g/mol. The molecule has 1 unspecified atom stereocenters. The van der Waals surface area contributed by atoms with E-state index in [1.165, 1.54) is 47.6 Å². The van der Waals surface area contributed by atoms with Crippen molar-refractivity contribution in [2.45, 2.75) is 38.6 Å². The highest BCUT2D eigenvalue weighted by Crippen LogP contribution is 2.49. The first-order valence-corrected chi connectivity index (χ1v) is 11.3. The Morgan fingerprint density at radius 3 is 2.76 bits per heavy atom. The fourth-order valence-corrected chi connectivity index (χ4v) is 5.26. The molecule has 0 radical (unpaired) electrons. The molecule has 0 saturated carbocycles. The third-order valence-electron chi connectivity index (χ3n) is 6.89. The van der Waals surface area contributed by atoms with E-state index in [0.29, 0.717) is 5.56 Å². The number of hydrogen-bond donors (Lipinski definition) is 2. The SMILES string of the molecule is COC(=O)c1ccc(-n2cc(C3Nc4ccc5[nH]ncc5c4C4=C3CCCC4)c(C)n2)cc1. The van der Waals surface area contributed by atoms with Gasteiger partial charge in [0.05, 0.1) is 41.8 Å². The Labute approximate surface area is 191 Å². The normalized spacial score (nSPS) is 17.5. The first kappa shape index (κ1) is 19.8. The second-order valence-corrected chi connectivity index (χ2v) is 8.76.